The molecule has 7 nitrogen and oxygen atoms in total. The number of amides is 1. The van der Waals surface area contributed by atoms with Crippen molar-refractivity contribution in [3.63, 3.8) is 0 Å². The number of para-hydroxylation sites is 1. The maximum Gasteiger partial charge on any atom is 0.409 e. The normalized spacial score (nSPS) is 16.7. The quantitative estimate of drug-likeness (QED) is 0.560. The van der Waals surface area contributed by atoms with Crippen LogP contribution in [-0.2, 0) is 4.74 Å². The molecule has 3 N–H and O–H groups in total. The van der Waals surface area contributed by atoms with Gasteiger partial charge in [-0.3, -0.25) is 0 Å². The number of carbonyl (C=O) groups excluding carboxylic acids is 1. The Morgan fingerprint density at radius 1 is 1.37 bits per heavy atom. The summed E-state index contributed by atoms with van der Waals surface area (Å²) < 4.78 is 24.4. The molecule has 1 aliphatic rings. The minimum absolute atomic E-state index is 0.159. The van der Waals surface area contributed by atoms with Crippen LogP contribution < -0.4 is 15.8 Å². The van der Waals surface area contributed by atoms with E-state index >= 15 is 0 Å². The summed E-state index contributed by atoms with van der Waals surface area (Å²) >= 11 is 0. The fourth-order valence-electron chi connectivity index (χ4n) is 2.85. The van der Waals surface area contributed by atoms with Crippen LogP contribution in [0.1, 0.15) is 33.1 Å². The van der Waals surface area contributed by atoms with Gasteiger partial charge in [0.1, 0.15) is 6.10 Å². The summed E-state index contributed by atoms with van der Waals surface area (Å²) in [5.74, 6) is 0.164. The Kier molecular flexibility index (Phi) is 8.16. The van der Waals surface area contributed by atoms with Crippen molar-refractivity contribution >= 4 is 12.1 Å². The molecule has 150 valence electrons. The number of nitrogens with zero attached hydrogens (tertiary/aromatic N) is 2. The van der Waals surface area contributed by atoms with Crippen LogP contribution in [0.5, 0.6) is 5.75 Å². The first-order chi connectivity index (χ1) is 13.0. The zero-order valence-corrected chi connectivity index (χ0v) is 16.0. The minimum atomic E-state index is -0.389. The largest absolute Gasteiger partial charge is 0.485 e. The van der Waals surface area contributed by atoms with Gasteiger partial charge < -0.3 is 25.4 Å². The topological polar surface area (TPSA) is 89.2 Å². The Morgan fingerprint density at radius 2 is 2.07 bits per heavy atom. The molecule has 0 radical (unpaired) electrons. The number of ether oxygens (including phenoxy) is 2. The van der Waals surface area contributed by atoms with Gasteiger partial charge in [0.05, 0.1) is 13.2 Å². The molecular formula is C19H29FN4O3. The highest BCUT2D eigenvalue weighted by Crippen LogP contribution is 2.18. The maximum atomic E-state index is 13.7. The third-order valence-electron chi connectivity index (χ3n) is 4.42. The van der Waals surface area contributed by atoms with Gasteiger partial charge in [-0.05, 0) is 38.3 Å². The molecule has 1 aromatic carbocycles. The number of rotatable bonds is 7. The van der Waals surface area contributed by atoms with Gasteiger partial charge in [-0.1, -0.05) is 19.1 Å². The van der Waals surface area contributed by atoms with E-state index in [0.717, 1.165) is 12.8 Å². The number of nitrogens with one attached hydrogen (secondary N) is 1. The van der Waals surface area contributed by atoms with E-state index in [1.165, 1.54) is 6.07 Å². The Bertz CT molecular complexity index is 633. The zero-order valence-electron chi connectivity index (χ0n) is 16.0. The van der Waals surface area contributed by atoms with E-state index in [1.807, 2.05) is 6.92 Å². The van der Waals surface area contributed by atoms with Gasteiger partial charge in [-0.25, -0.2) is 14.2 Å². The van der Waals surface area contributed by atoms with Crippen LogP contribution in [0.3, 0.4) is 0 Å². The Morgan fingerprint density at radius 3 is 2.70 bits per heavy atom. The minimum Gasteiger partial charge on any atom is -0.485 e. The number of likely N-dealkylation sites (tertiary alicyclic amines) is 1. The number of hydrogen-bond acceptors (Lipinski definition) is 4. The van der Waals surface area contributed by atoms with E-state index in [4.69, 9.17) is 15.2 Å². The third kappa shape index (κ3) is 6.62. The van der Waals surface area contributed by atoms with Crippen molar-refractivity contribution in [1.82, 2.24) is 10.2 Å². The Balaban J connectivity index is 1.78. The maximum absolute atomic E-state index is 13.7. The van der Waals surface area contributed by atoms with Crippen molar-refractivity contribution in [3.8, 4) is 5.75 Å². The van der Waals surface area contributed by atoms with Gasteiger partial charge in [0, 0.05) is 19.1 Å². The molecule has 0 bridgehead atoms. The Labute approximate surface area is 159 Å². The van der Waals surface area contributed by atoms with Crippen LogP contribution in [0, 0.1) is 5.82 Å². The van der Waals surface area contributed by atoms with Crippen molar-refractivity contribution < 1.29 is 18.7 Å². The molecule has 27 heavy (non-hydrogen) atoms. The number of nitrogens with two attached hydrogens (primary N) is 1. The number of aliphatic imine (C=N–C) groups is 1. The number of halogens is 1. The van der Waals surface area contributed by atoms with E-state index < -0.39 is 0 Å². The van der Waals surface area contributed by atoms with E-state index in [9.17, 15) is 9.18 Å². The highest BCUT2D eigenvalue weighted by atomic mass is 19.1. The molecule has 0 aromatic heterocycles. The van der Waals surface area contributed by atoms with E-state index in [1.54, 1.807) is 30.0 Å². The standard InChI is InChI=1S/C19H29FN4O3/c1-3-15(27-17-8-6-5-7-16(17)20)13-22-18(21)23-14-9-11-24(12-10-14)19(25)26-4-2/h5-8,14-15H,3-4,9-13H2,1-2H3,(H3,21,22,23). The van der Waals surface area contributed by atoms with Crippen LogP contribution in [0.15, 0.2) is 29.3 Å². The number of piperidine rings is 1. The van der Waals surface area contributed by atoms with Crippen LogP contribution >= 0.6 is 0 Å². The molecular weight excluding hydrogens is 351 g/mol. The van der Waals surface area contributed by atoms with Gasteiger partial charge in [-0.15, -0.1) is 0 Å². The van der Waals surface area contributed by atoms with Crippen molar-refractivity contribution in [1.29, 1.82) is 0 Å². The van der Waals surface area contributed by atoms with E-state index in [0.29, 0.717) is 38.6 Å². The van der Waals surface area contributed by atoms with Crippen LogP contribution in [0.2, 0.25) is 0 Å². The summed E-state index contributed by atoms with van der Waals surface area (Å²) in [5, 5.41) is 3.18. The van der Waals surface area contributed by atoms with Gasteiger partial charge in [0.15, 0.2) is 17.5 Å². The first-order valence-corrected chi connectivity index (χ1v) is 9.42. The zero-order chi connectivity index (χ0) is 19.6. The first kappa shape index (κ1) is 20.8. The summed E-state index contributed by atoms with van der Waals surface area (Å²) in [6, 6.07) is 6.47. The smallest absolute Gasteiger partial charge is 0.409 e. The lowest BCUT2D eigenvalue weighted by Gasteiger charge is -2.31. The summed E-state index contributed by atoms with van der Waals surface area (Å²) in [6.45, 7) is 5.71. The molecule has 0 aliphatic carbocycles. The second-order valence-electron chi connectivity index (χ2n) is 6.41. The van der Waals surface area contributed by atoms with Crippen molar-refractivity contribution in [2.75, 3.05) is 26.2 Å². The van der Waals surface area contributed by atoms with Crippen molar-refractivity contribution in [2.24, 2.45) is 10.7 Å². The molecule has 8 heteroatoms. The fraction of sp³-hybridized carbons (Fsp3) is 0.579. The molecule has 1 heterocycles. The number of benzene rings is 1. The molecule has 1 unspecified atom stereocenters. The SMILES string of the molecule is CCOC(=O)N1CCC(NC(N)=NCC(CC)Oc2ccccc2F)CC1. The summed E-state index contributed by atoms with van der Waals surface area (Å²) in [6.07, 6.45) is 1.71. The molecule has 1 atom stereocenters. The highest BCUT2D eigenvalue weighted by molar-refractivity contribution is 5.78. The number of carbonyl (C=O) groups is 1. The van der Waals surface area contributed by atoms with Gasteiger partial charge in [-0.2, -0.15) is 0 Å². The van der Waals surface area contributed by atoms with E-state index in [2.05, 4.69) is 10.3 Å². The van der Waals surface area contributed by atoms with E-state index in [-0.39, 0.29) is 29.8 Å². The van der Waals surface area contributed by atoms with Crippen molar-refractivity contribution in [2.45, 2.75) is 45.3 Å². The lowest BCUT2D eigenvalue weighted by molar-refractivity contribution is 0.0963. The predicted octanol–water partition coefficient (Wildman–Crippen LogP) is 2.51. The Hall–Kier alpha value is -2.51. The highest BCUT2D eigenvalue weighted by Gasteiger charge is 2.23. The molecule has 0 saturated carbocycles. The second kappa shape index (κ2) is 10.6. The third-order valence-corrected chi connectivity index (χ3v) is 4.42. The second-order valence-corrected chi connectivity index (χ2v) is 6.41. The molecule has 1 fully saturated rings. The molecule has 1 aliphatic heterocycles. The average Bonchev–Trinajstić information content (AvgIpc) is 2.67. The molecule has 1 saturated heterocycles. The van der Waals surface area contributed by atoms with Crippen LogP contribution in [0.4, 0.5) is 9.18 Å². The fourth-order valence-corrected chi connectivity index (χ4v) is 2.85. The lowest BCUT2D eigenvalue weighted by Crippen LogP contribution is -2.48. The number of guanidine groups is 1. The summed E-state index contributed by atoms with van der Waals surface area (Å²) in [4.78, 5) is 17.7. The van der Waals surface area contributed by atoms with Crippen LogP contribution in [-0.4, -0.2) is 55.3 Å². The molecule has 2 rings (SSSR count). The lowest BCUT2D eigenvalue weighted by atomic mass is 10.1. The monoisotopic (exact) mass is 380 g/mol. The summed E-state index contributed by atoms with van der Waals surface area (Å²) in [7, 11) is 0. The van der Waals surface area contributed by atoms with Gasteiger partial charge in [0.25, 0.3) is 0 Å². The van der Waals surface area contributed by atoms with Gasteiger partial charge >= 0.3 is 6.09 Å². The predicted molar refractivity (Wildman–Crippen MR) is 102 cm³/mol. The summed E-state index contributed by atoms with van der Waals surface area (Å²) in [5.41, 5.74) is 5.98. The first-order valence-electron chi connectivity index (χ1n) is 9.42. The number of hydrogen-bond donors (Lipinski definition) is 2. The molecule has 1 amide bonds. The molecule has 0 spiro atoms. The average molecular weight is 380 g/mol. The van der Waals surface area contributed by atoms with Crippen LogP contribution in [0.25, 0.3) is 0 Å². The molecule has 1 aromatic rings. The van der Waals surface area contributed by atoms with Gasteiger partial charge in [0.2, 0.25) is 0 Å². The van der Waals surface area contributed by atoms with Crippen molar-refractivity contribution in [3.05, 3.63) is 30.1 Å².